The smallest absolute Gasteiger partial charge is 0.190 e. The molecule has 1 N–H and O–H groups in total. The van der Waals surface area contributed by atoms with Crippen LogP contribution in [-0.2, 0) is 16.9 Å². The highest BCUT2D eigenvalue weighted by Gasteiger charge is 2.21. The summed E-state index contributed by atoms with van der Waals surface area (Å²) in [7, 11) is -0.958. The van der Waals surface area contributed by atoms with Crippen LogP contribution >= 0.6 is 24.2 Å². The van der Waals surface area contributed by atoms with E-state index in [1.165, 1.54) is 18.0 Å². The fraction of sp³-hybridized carbons (Fsp3) is 0.818. The number of halogens is 1. The predicted octanol–water partition coefficient (Wildman–Crippen LogP) is 0.841. The van der Waals surface area contributed by atoms with E-state index in [1.54, 1.807) is 0 Å². The van der Waals surface area contributed by atoms with Crippen LogP contribution in [0.15, 0.2) is 5.16 Å². The first-order valence-corrected chi connectivity index (χ1v) is 9.42. The molecule has 116 valence electrons. The zero-order chi connectivity index (χ0) is 13.9. The number of aromatic nitrogens is 3. The molecule has 0 aromatic carbocycles. The Morgan fingerprint density at radius 2 is 2.20 bits per heavy atom. The third kappa shape index (κ3) is 4.91. The Hall–Kier alpha value is -0.310. The van der Waals surface area contributed by atoms with Gasteiger partial charge in [0.05, 0.1) is 5.75 Å². The van der Waals surface area contributed by atoms with Gasteiger partial charge in [-0.05, 0) is 19.4 Å². The average Bonchev–Trinajstić information content (AvgIpc) is 2.71. The number of nitrogens with one attached hydrogen (secondary N) is 1. The molecule has 6 nitrogen and oxygen atoms in total. The van der Waals surface area contributed by atoms with Crippen molar-refractivity contribution in [2.45, 2.75) is 23.9 Å². The molecule has 1 atom stereocenters. The molecule has 0 radical (unpaired) electrons. The first-order valence-electron chi connectivity index (χ1n) is 6.38. The molecule has 0 saturated carbocycles. The lowest BCUT2D eigenvalue weighted by Crippen LogP contribution is -2.29. The number of nitrogens with zero attached hydrogens (tertiary/aromatic N) is 3. The SMILES string of the molecule is Cl.Cn1c(SCCS(C)(=O)=O)nnc1C1CCCNC1. The monoisotopic (exact) mass is 340 g/mol. The van der Waals surface area contributed by atoms with Crippen LogP contribution in [-0.4, -0.2) is 54.0 Å². The van der Waals surface area contributed by atoms with Crippen LogP contribution in [0.4, 0.5) is 0 Å². The molecule has 2 heterocycles. The van der Waals surface area contributed by atoms with Crippen molar-refractivity contribution in [3.8, 4) is 0 Å². The third-order valence-electron chi connectivity index (χ3n) is 3.22. The quantitative estimate of drug-likeness (QED) is 0.800. The van der Waals surface area contributed by atoms with Crippen LogP contribution < -0.4 is 5.32 Å². The fourth-order valence-electron chi connectivity index (χ4n) is 2.16. The summed E-state index contributed by atoms with van der Waals surface area (Å²) in [6.07, 6.45) is 3.55. The molecule has 1 aliphatic heterocycles. The summed E-state index contributed by atoms with van der Waals surface area (Å²) in [6.45, 7) is 2.02. The summed E-state index contributed by atoms with van der Waals surface area (Å²) < 4.78 is 24.2. The Morgan fingerprint density at radius 3 is 2.80 bits per heavy atom. The minimum atomic E-state index is -2.91. The molecule has 9 heteroatoms. The highest BCUT2D eigenvalue weighted by Crippen LogP contribution is 2.24. The maximum atomic E-state index is 11.1. The number of sulfone groups is 1. The van der Waals surface area contributed by atoms with Gasteiger partial charge < -0.3 is 9.88 Å². The fourth-order valence-corrected chi connectivity index (χ4v) is 4.28. The summed E-state index contributed by atoms with van der Waals surface area (Å²) in [5.74, 6) is 2.10. The van der Waals surface area contributed by atoms with Crippen molar-refractivity contribution in [2.75, 3.05) is 30.9 Å². The molecule has 0 spiro atoms. The van der Waals surface area contributed by atoms with Crippen LogP contribution in [0.1, 0.15) is 24.6 Å². The summed E-state index contributed by atoms with van der Waals surface area (Å²) in [5, 5.41) is 12.6. The topological polar surface area (TPSA) is 76.9 Å². The van der Waals surface area contributed by atoms with Gasteiger partial charge in [0.25, 0.3) is 0 Å². The van der Waals surface area contributed by atoms with Crippen molar-refractivity contribution in [1.82, 2.24) is 20.1 Å². The highest BCUT2D eigenvalue weighted by atomic mass is 35.5. The Morgan fingerprint density at radius 1 is 1.45 bits per heavy atom. The normalized spacial score (nSPS) is 19.6. The van der Waals surface area contributed by atoms with Crippen LogP contribution in [0.2, 0.25) is 0 Å². The largest absolute Gasteiger partial charge is 0.316 e. The Labute approximate surface area is 130 Å². The molecular formula is C11H21ClN4O2S2. The van der Waals surface area contributed by atoms with Crippen LogP contribution in [0.3, 0.4) is 0 Å². The first kappa shape index (κ1) is 17.7. The second-order valence-electron chi connectivity index (χ2n) is 4.92. The molecular weight excluding hydrogens is 320 g/mol. The standard InChI is InChI=1S/C11H20N4O2S2.ClH/c1-15-10(9-4-3-5-12-8-9)13-14-11(15)18-6-7-19(2,16)17;/h9,12H,3-8H2,1-2H3;1H. The summed E-state index contributed by atoms with van der Waals surface area (Å²) in [6, 6.07) is 0. The van der Waals surface area contributed by atoms with Crippen molar-refractivity contribution in [2.24, 2.45) is 7.05 Å². The van der Waals surface area contributed by atoms with Crippen LogP contribution in [0.5, 0.6) is 0 Å². The lowest BCUT2D eigenvalue weighted by molar-refractivity contribution is 0.436. The van der Waals surface area contributed by atoms with E-state index >= 15 is 0 Å². The molecule has 1 aromatic heterocycles. The molecule has 1 unspecified atom stereocenters. The van der Waals surface area contributed by atoms with Crippen molar-refractivity contribution in [1.29, 1.82) is 0 Å². The summed E-state index contributed by atoms with van der Waals surface area (Å²) in [5.41, 5.74) is 0. The molecule has 0 aliphatic carbocycles. The maximum Gasteiger partial charge on any atom is 0.190 e. The van der Waals surface area contributed by atoms with Crippen LogP contribution in [0.25, 0.3) is 0 Å². The molecule has 20 heavy (non-hydrogen) atoms. The van der Waals surface area contributed by atoms with E-state index in [1.807, 2.05) is 11.6 Å². The summed E-state index contributed by atoms with van der Waals surface area (Å²) >= 11 is 1.45. The van der Waals surface area contributed by atoms with Crippen LogP contribution in [0, 0.1) is 0 Å². The van der Waals surface area contributed by atoms with Gasteiger partial charge in [-0.2, -0.15) is 0 Å². The second kappa shape index (κ2) is 7.63. The Kier molecular flexibility index (Phi) is 6.77. The van der Waals surface area contributed by atoms with E-state index in [4.69, 9.17) is 0 Å². The number of hydrogen-bond donors (Lipinski definition) is 1. The number of thioether (sulfide) groups is 1. The third-order valence-corrected chi connectivity index (χ3v) is 5.44. The van der Waals surface area contributed by atoms with Gasteiger partial charge >= 0.3 is 0 Å². The van der Waals surface area contributed by atoms with Gasteiger partial charge in [0.1, 0.15) is 15.7 Å². The zero-order valence-corrected chi connectivity index (χ0v) is 14.2. The second-order valence-corrected chi connectivity index (χ2v) is 8.24. The maximum absolute atomic E-state index is 11.1. The van der Waals surface area contributed by atoms with E-state index in [-0.39, 0.29) is 18.2 Å². The zero-order valence-electron chi connectivity index (χ0n) is 11.7. The van der Waals surface area contributed by atoms with Gasteiger partial charge in [0.15, 0.2) is 5.16 Å². The van der Waals surface area contributed by atoms with Crippen molar-refractivity contribution >= 4 is 34.0 Å². The van der Waals surface area contributed by atoms with E-state index in [0.717, 1.165) is 36.9 Å². The highest BCUT2D eigenvalue weighted by molar-refractivity contribution is 8.00. The van der Waals surface area contributed by atoms with E-state index < -0.39 is 9.84 Å². The molecule has 0 bridgehead atoms. The molecule has 1 saturated heterocycles. The first-order chi connectivity index (χ1) is 8.97. The van der Waals surface area contributed by atoms with E-state index in [0.29, 0.717) is 11.7 Å². The van der Waals surface area contributed by atoms with E-state index in [2.05, 4.69) is 15.5 Å². The van der Waals surface area contributed by atoms with Crippen molar-refractivity contribution < 1.29 is 8.42 Å². The van der Waals surface area contributed by atoms with Crippen molar-refractivity contribution in [3.05, 3.63) is 5.82 Å². The molecule has 1 aliphatic rings. The molecule has 2 rings (SSSR count). The minimum absolute atomic E-state index is 0. The van der Waals surface area contributed by atoms with E-state index in [9.17, 15) is 8.42 Å². The number of rotatable bonds is 5. The van der Waals surface area contributed by atoms with Gasteiger partial charge in [0.2, 0.25) is 0 Å². The Bertz CT molecular complexity index is 527. The average molecular weight is 341 g/mol. The van der Waals surface area contributed by atoms with Crippen molar-refractivity contribution in [3.63, 3.8) is 0 Å². The minimum Gasteiger partial charge on any atom is -0.316 e. The van der Waals surface area contributed by atoms with Gasteiger partial charge in [-0.1, -0.05) is 11.8 Å². The summed E-state index contributed by atoms with van der Waals surface area (Å²) in [4.78, 5) is 0. The van der Waals surface area contributed by atoms with Gasteiger partial charge in [0, 0.05) is 31.5 Å². The van der Waals surface area contributed by atoms with Gasteiger partial charge in [-0.15, -0.1) is 22.6 Å². The van der Waals surface area contributed by atoms with Gasteiger partial charge in [-0.3, -0.25) is 0 Å². The number of hydrogen-bond acceptors (Lipinski definition) is 6. The number of piperidine rings is 1. The lowest BCUT2D eigenvalue weighted by Gasteiger charge is -2.21. The predicted molar refractivity (Wildman–Crippen MR) is 83.5 cm³/mol. The molecule has 0 amide bonds. The lowest BCUT2D eigenvalue weighted by atomic mass is 9.99. The molecule has 1 aromatic rings. The van der Waals surface area contributed by atoms with Gasteiger partial charge in [-0.25, -0.2) is 8.42 Å². The molecule has 1 fully saturated rings. The Balaban J connectivity index is 0.00000200.